The molecule has 2 aromatic rings. The van der Waals surface area contributed by atoms with Gasteiger partial charge < -0.3 is 15.4 Å². The number of nitrogens with one attached hydrogen (secondary N) is 2. The lowest BCUT2D eigenvalue weighted by Crippen LogP contribution is -2.23. The zero-order valence-corrected chi connectivity index (χ0v) is 12.2. The molecule has 0 fully saturated rings. The largest absolute Gasteiger partial charge is 0.457 e. The van der Waals surface area contributed by atoms with Crippen LogP contribution >= 0.6 is 0 Å². The van der Waals surface area contributed by atoms with Gasteiger partial charge in [0.1, 0.15) is 17.2 Å². The fourth-order valence-electron chi connectivity index (χ4n) is 1.91. The van der Waals surface area contributed by atoms with E-state index in [0.717, 1.165) is 17.9 Å². The Morgan fingerprint density at radius 1 is 1.24 bits per heavy atom. The standard InChI is InChI=1S/C16H19N3O2/c1-3-18-16(20)15-10-14(7-8-19-15)21-13-6-4-5-12(9-13)11-17-2/h4-10,17H,3,11H2,1-2H3,(H,18,20). The maximum absolute atomic E-state index is 11.8. The Hall–Kier alpha value is -2.40. The van der Waals surface area contributed by atoms with Crippen LogP contribution < -0.4 is 15.4 Å². The molecule has 0 atom stereocenters. The van der Waals surface area contributed by atoms with E-state index in [4.69, 9.17) is 4.74 Å². The number of hydrogen-bond acceptors (Lipinski definition) is 4. The van der Waals surface area contributed by atoms with Crippen molar-refractivity contribution in [2.45, 2.75) is 13.5 Å². The molecule has 0 aliphatic heterocycles. The van der Waals surface area contributed by atoms with E-state index in [2.05, 4.69) is 15.6 Å². The Balaban J connectivity index is 2.14. The van der Waals surface area contributed by atoms with Crippen molar-refractivity contribution in [1.29, 1.82) is 0 Å². The number of hydrogen-bond donors (Lipinski definition) is 2. The second-order valence-corrected chi connectivity index (χ2v) is 4.52. The molecule has 21 heavy (non-hydrogen) atoms. The number of carbonyl (C=O) groups excluding carboxylic acids is 1. The molecule has 5 nitrogen and oxygen atoms in total. The highest BCUT2D eigenvalue weighted by atomic mass is 16.5. The molecule has 5 heteroatoms. The molecular formula is C16H19N3O2. The third-order valence-electron chi connectivity index (χ3n) is 2.82. The van der Waals surface area contributed by atoms with Crippen LogP contribution in [0.25, 0.3) is 0 Å². The number of benzene rings is 1. The van der Waals surface area contributed by atoms with Crippen LogP contribution in [-0.4, -0.2) is 24.5 Å². The first-order valence-corrected chi connectivity index (χ1v) is 6.88. The molecular weight excluding hydrogens is 266 g/mol. The van der Waals surface area contributed by atoms with Crippen LogP contribution in [0.2, 0.25) is 0 Å². The second-order valence-electron chi connectivity index (χ2n) is 4.52. The van der Waals surface area contributed by atoms with E-state index >= 15 is 0 Å². The van der Waals surface area contributed by atoms with Crippen molar-refractivity contribution in [2.75, 3.05) is 13.6 Å². The molecule has 2 N–H and O–H groups in total. The van der Waals surface area contributed by atoms with Gasteiger partial charge >= 0.3 is 0 Å². The smallest absolute Gasteiger partial charge is 0.270 e. The van der Waals surface area contributed by atoms with Gasteiger partial charge in [-0.2, -0.15) is 0 Å². The fraction of sp³-hybridized carbons (Fsp3) is 0.250. The number of carbonyl (C=O) groups is 1. The van der Waals surface area contributed by atoms with E-state index in [9.17, 15) is 4.79 Å². The van der Waals surface area contributed by atoms with Crippen LogP contribution in [0.15, 0.2) is 42.6 Å². The Bertz CT molecular complexity index is 614. The number of ether oxygens (including phenoxy) is 1. The summed E-state index contributed by atoms with van der Waals surface area (Å²) in [6, 6.07) is 11.2. The number of amides is 1. The molecule has 0 saturated heterocycles. The highest BCUT2D eigenvalue weighted by Crippen LogP contribution is 2.22. The summed E-state index contributed by atoms with van der Waals surface area (Å²) in [5.41, 5.74) is 1.48. The normalized spacial score (nSPS) is 10.2. The van der Waals surface area contributed by atoms with E-state index in [-0.39, 0.29) is 5.91 Å². The van der Waals surface area contributed by atoms with Crippen molar-refractivity contribution in [2.24, 2.45) is 0 Å². The third-order valence-corrected chi connectivity index (χ3v) is 2.82. The zero-order chi connectivity index (χ0) is 15.1. The van der Waals surface area contributed by atoms with Crippen molar-refractivity contribution in [3.63, 3.8) is 0 Å². The molecule has 2 rings (SSSR count). The van der Waals surface area contributed by atoms with Crippen molar-refractivity contribution < 1.29 is 9.53 Å². The lowest BCUT2D eigenvalue weighted by molar-refractivity contribution is 0.0950. The molecule has 110 valence electrons. The Labute approximate surface area is 124 Å². The van der Waals surface area contributed by atoms with Crippen molar-refractivity contribution in [1.82, 2.24) is 15.6 Å². The summed E-state index contributed by atoms with van der Waals surface area (Å²) < 4.78 is 5.79. The van der Waals surface area contributed by atoms with Crippen molar-refractivity contribution in [3.05, 3.63) is 53.9 Å². The molecule has 0 saturated carbocycles. The summed E-state index contributed by atoms with van der Waals surface area (Å²) in [4.78, 5) is 15.8. The summed E-state index contributed by atoms with van der Waals surface area (Å²) >= 11 is 0. The second kappa shape index (κ2) is 7.40. The Morgan fingerprint density at radius 3 is 2.81 bits per heavy atom. The maximum Gasteiger partial charge on any atom is 0.270 e. The van der Waals surface area contributed by atoms with E-state index in [0.29, 0.717) is 18.0 Å². The highest BCUT2D eigenvalue weighted by molar-refractivity contribution is 5.92. The van der Waals surface area contributed by atoms with Crippen LogP contribution in [0.3, 0.4) is 0 Å². The molecule has 1 aromatic carbocycles. The summed E-state index contributed by atoms with van der Waals surface area (Å²) in [5.74, 6) is 1.12. The van der Waals surface area contributed by atoms with Crippen LogP contribution in [0, 0.1) is 0 Å². The van der Waals surface area contributed by atoms with Crippen LogP contribution in [-0.2, 0) is 6.54 Å². The van der Waals surface area contributed by atoms with Gasteiger partial charge in [-0.15, -0.1) is 0 Å². The third kappa shape index (κ3) is 4.29. The monoisotopic (exact) mass is 285 g/mol. The number of aromatic nitrogens is 1. The molecule has 1 aromatic heterocycles. The first-order valence-electron chi connectivity index (χ1n) is 6.88. The van der Waals surface area contributed by atoms with Gasteiger partial charge in [0, 0.05) is 25.4 Å². The Kier molecular flexibility index (Phi) is 5.29. The minimum Gasteiger partial charge on any atom is -0.457 e. The molecule has 1 amide bonds. The molecule has 0 aliphatic rings. The van der Waals surface area contributed by atoms with Crippen LogP contribution in [0.5, 0.6) is 11.5 Å². The molecule has 0 aliphatic carbocycles. The molecule has 0 unspecified atom stereocenters. The SMILES string of the molecule is CCNC(=O)c1cc(Oc2cccc(CNC)c2)ccn1. The zero-order valence-electron chi connectivity index (χ0n) is 12.2. The van der Waals surface area contributed by atoms with Gasteiger partial charge in [0.25, 0.3) is 5.91 Å². The first-order chi connectivity index (χ1) is 10.2. The Morgan fingerprint density at radius 2 is 2.05 bits per heavy atom. The van der Waals surface area contributed by atoms with Crippen LogP contribution in [0.1, 0.15) is 23.0 Å². The van der Waals surface area contributed by atoms with Crippen molar-refractivity contribution in [3.8, 4) is 11.5 Å². The van der Waals surface area contributed by atoms with Crippen molar-refractivity contribution >= 4 is 5.91 Å². The van der Waals surface area contributed by atoms with E-state index < -0.39 is 0 Å². The minimum absolute atomic E-state index is 0.202. The number of nitrogens with zero attached hydrogens (tertiary/aromatic N) is 1. The number of pyridine rings is 1. The average Bonchev–Trinajstić information content (AvgIpc) is 2.48. The van der Waals surface area contributed by atoms with Gasteiger partial charge in [-0.05, 0) is 37.7 Å². The molecule has 0 spiro atoms. The van der Waals surface area contributed by atoms with Gasteiger partial charge in [-0.1, -0.05) is 12.1 Å². The minimum atomic E-state index is -0.202. The topological polar surface area (TPSA) is 63.2 Å². The molecule has 0 radical (unpaired) electrons. The van der Waals surface area contributed by atoms with Gasteiger partial charge in [0.15, 0.2) is 0 Å². The lowest BCUT2D eigenvalue weighted by atomic mass is 10.2. The predicted octanol–water partition coefficient (Wildman–Crippen LogP) is 2.34. The van der Waals surface area contributed by atoms with E-state index in [1.165, 1.54) is 0 Å². The van der Waals surface area contributed by atoms with E-state index in [1.54, 1.807) is 18.3 Å². The van der Waals surface area contributed by atoms with Gasteiger partial charge in [-0.25, -0.2) is 0 Å². The highest BCUT2D eigenvalue weighted by Gasteiger charge is 2.07. The molecule has 0 bridgehead atoms. The fourth-order valence-corrected chi connectivity index (χ4v) is 1.91. The number of rotatable bonds is 6. The summed E-state index contributed by atoms with van der Waals surface area (Å²) in [6.07, 6.45) is 1.57. The van der Waals surface area contributed by atoms with Crippen LogP contribution in [0.4, 0.5) is 0 Å². The first kappa shape index (κ1) is 15.0. The summed E-state index contributed by atoms with van der Waals surface area (Å²) in [5, 5.41) is 5.81. The van der Waals surface area contributed by atoms with Gasteiger partial charge in [-0.3, -0.25) is 9.78 Å². The van der Waals surface area contributed by atoms with Gasteiger partial charge in [0.2, 0.25) is 0 Å². The molecule has 1 heterocycles. The summed E-state index contributed by atoms with van der Waals surface area (Å²) in [7, 11) is 1.90. The summed E-state index contributed by atoms with van der Waals surface area (Å²) in [6.45, 7) is 3.21. The average molecular weight is 285 g/mol. The quantitative estimate of drug-likeness (QED) is 0.855. The maximum atomic E-state index is 11.8. The predicted molar refractivity (Wildman–Crippen MR) is 81.5 cm³/mol. The van der Waals surface area contributed by atoms with E-state index in [1.807, 2.05) is 38.2 Å². The van der Waals surface area contributed by atoms with Gasteiger partial charge in [0.05, 0.1) is 0 Å². The lowest BCUT2D eigenvalue weighted by Gasteiger charge is -2.08.